The van der Waals surface area contributed by atoms with Gasteiger partial charge in [0.15, 0.2) is 0 Å². The first-order valence-corrected chi connectivity index (χ1v) is 8.23. The Morgan fingerprint density at radius 1 is 1.29 bits per heavy atom. The molecule has 1 aliphatic heterocycles. The molecule has 24 heavy (non-hydrogen) atoms. The number of hydrogen-bond acceptors (Lipinski definition) is 3. The summed E-state index contributed by atoms with van der Waals surface area (Å²) in [4.78, 5) is 14.2. The second kappa shape index (κ2) is 8.48. The third-order valence-electron chi connectivity index (χ3n) is 4.34. The molecule has 7 heteroatoms. The Balaban J connectivity index is 1.92. The Morgan fingerprint density at radius 3 is 2.75 bits per heavy atom. The van der Waals surface area contributed by atoms with E-state index in [0.717, 1.165) is 31.9 Å². The van der Waals surface area contributed by atoms with E-state index in [9.17, 15) is 18.0 Å². The quantitative estimate of drug-likeness (QED) is 0.833. The van der Waals surface area contributed by atoms with E-state index in [4.69, 9.17) is 5.11 Å². The van der Waals surface area contributed by atoms with Crippen molar-refractivity contribution in [3.63, 3.8) is 0 Å². The average molecular weight is 344 g/mol. The number of hydrogen-bond donors (Lipinski definition) is 2. The fraction of sp³-hybridized carbons (Fsp3) is 0.588. The highest BCUT2D eigenvalue weighted by Gasteiger charge is 2.33. The van der Waals surface area contributed by atoms with Crippen LogP contribution in [0.15, 0.2) is 24.3 Å². The molecule has 1 amide bonds. The number of para-hydroxylation sites is 1. The first-order valence-electron chi connectivity index (χ1n) is 8.23. The Kier molecular flexibility index (Phi) is 6.62. The lowest BCUT2D eigenvalue weighted by atomic mass is 9.99. The molecule has 0 spiro atoms. The fourth-order valence-corrected chi connectivity index (χ4v) is 3.13. The van der Waals surface area contributed by atoms with E-state index in [0.29, 0.717) is 13.0 Å². The topological polar surface area (TPSA) is 52.6 Å². The van der Waals surface area contributed by atoms with Gasteiger partial charge in [-0.05, 0) is 37.9 Å². The summed E-state index contributed by atoms with van der Waals surface area (Å²) in [7, 11) is 0. The van der Waals surface area contributed by atoms with Crippen LogP contribution in [-0.2, 0) is 11.0 Å². The molecule has 1 saturated heterocycles. The molecule has 1 aromatic rings. The van der Waals surface area contributed by atoms with Crippen molar-refractivity contribution in [3.05, 3.63) is 29.8 Å². The van der Waals surface area contributed by atoms with E-state index >= 15 is 0 Å². The number of nitrogens with one attached hydrogen (secondary N) is 1. The first-order chi connectivity index (χ1) is 11.4. The number of amides is 1. The third kappa shape index (κ3) is 5.21. The molecule has 0 aromatic heterocycles. The maximum Gasteiger partial charge on any atom is 0.418 e. The van der Waals surface area contributed by atoms with E-state index in [-0.39, 0.29) is 24.8 Å². The van der Waals surface area contributed by atoms with Gasteiger partial charge in [0.2, 0.25) is 5.91 Å². The Labute approximate surface area is 139 Å². The van der Waals surface area contributed by atoms with E-state index in [1.54, 1.807) is 0 Å². The number of nitrogens with zero attached hydrogens (tertiary/aromatic N) is 1. The molecule has 0 saturated carbocycles. The maximum absolute atomic E-state index is 12.9. The van der Waals surface area contributed by atoms with Crippen molar-refractivity contribution in [3.8, 4) is 0 Å². The number of benzene rings is 1. The van der Waals surface area contributed by atoms with Crippen molar-refractivity contribution >= 4 is 11.6 Å². The Morgan fingerprint density at radius 2 is 2.04 bits per heavy atom. The monoisotopic (exact) mass is 344 g/mol. The van der Waals surface area contributed by atoms with Crippen molar-refractivity contribution < 1.29 is 23.1 Å². The normalized spacial score (nSPS) is 19.2. The number of likely N-dealkylation sites (tertiary alicyclic amines) is 1. The van der Waals surface area contributed by atoms with E-state index in [1.807, 2.05) is 0 Å². The van der Waals surface area contributed by atoms with Gasteiger partial charge < -0.3 is 10.4 Å². The van der Waals surface area contributed by atoms with Crippen molar-refractivity contribution in [2.45, 2.75) is 44.3 Å². The van der Waals surface area contributed by atoms with Crippen LogP contribution in [0.2, 0.25) is 0 Å². The second-order valence-electron chi connectivity index (χ2n) is 6.04. The highest BCUT2D eigenvalue weighted by atomic mass is 19.4. The van der Waals surface area contributed by atoms with Gasteiger partial charge >= 0.3 is 6.18 Å². The van der Waals surface area contributed by atoms with Crippen molar-refractivity contribution in [2.24, 2.45) is 0 Å². The van der Waals surface area contributed by atoms with Gasteiger partial charge in [-0.2, -0.15) is 13.2 Å². The van der Waals surface area contributed by atoms with Gasteiger partial charge in [0.1, 0.15) is 0 Å². The maximum atomic E-state index is 12.9. The van der Waals surface area contributed by atoms with Crippen molar-refractivity contribution in [2.75, 3.05) is 25.0 Å². The third-order valence-corrected chi connectivity index (χ3v) is 4.34. The molecule has 134 valence electrons. The number of aliphatic hydroxyl groups is 1. The van der Waals surface area contributed by atoms with E-state index < -0.39 is 17.6 Å². The lowest BCUT2D eigenvalue weighted by Crippen LogP contribution is -2.41. The number of halogens is 3. The van der Waals surface area contributed by atoms with Gasteiger partial charge in [-0.25, -0.2) is 0 Å². The van der Waals surface area contributed by atoms with Crippen LogP contribution < -0.4 is 5.32 Å². The number of rotatable bonds is 6. The SMILES string of the molecule is O=C(CCN1CCCCC1CCO)Nc1ccccc1C(F)(F)F. The van der Waals surface area contributed by atoms with Crippen LogP contribution in [0.25, 0.3) is 0 Å². The van der Waals surface area contributed by atoms with Gasteiger partial charge in [0.05, 0.1) is 11.3 Å². The largest absolute Gasteiger partial charge is 0.418 e. The summed E-state index contributed by atoms with van der Waals surface area (Å²) in [6.07, 6.45) is -0.568. The fourth-order valence-electron chi connectivity index (χ4n) is 3.13. The Bertz CT molecular complexity index is 547. The summed E-state index contributed by atoms with van der Waals surface area (Å²) >= 11 is 0. The molecule has 4 nitrogen and oxygen atoms in total. The molecule has 2 rings (SSSR count). The molecule has 1 fully saturated rings. The van der Waals surface area contributed by atoms with Crippen LogP contribution in [0.1, 0.15) is 37.7 Å². The second-order valence-corrected chi connectivity index (χ2v) is 6.04. The molecule has 1 aromatic carbocycles. The summed E-state index contributed by atoms with van der Waals surface area (Å²) in [6.45, 7) is 1.45. The van der Waals surface area contributed by atoms with E-state index in [2.05, 4.69) is 10.2 Å². The van der Waals surface area contributed by atoms with Crippen molar-refractivity contribution in [1.82, 2.24) is 4.90 Å². The van der Waals surface area contributed by atoms with Gasteiger partial charge in [-0.15, -0.1) is 0 Å². The predicted octanol–water partition coefficient (Wildman–Crippen LogP) is 3.27. The Hall–Kier alpha value is -1.60. The minimum absolute atomic E-state index is 0.103. The summed E-state index contributed by atoms with van der Waals surface area (Å²) < 4.78 is 38.8. The lowest BCUT2D eigenvalue weighted by molar-refractivity contribution is -0.137. The standard InChI is InChI=1S/C17H23F3N2O2/c18-17(19,20)14-6-1-2-7-15(14)21-16(24)8-11-22-10-4-3-5-13(22)9-12-23/h1-2,6-7,13,23H,3-5,8-12H2,(H,21,24). The molecule has 1 heterocycles. The molecule has 2 N–H and O–H groups in total. The highest BCUT2D eigenvalue weighted by molar-refractivity contribution is 5.91. The van der Waals surface area contributed by atoms with Crippen LogP contribution in [0.5, 0.6) is 0 Å². The van der Waals surface area contributed by atoms with E-state index in [1.165, 1.54) is 18.2 Å². The first kappa shape index (κ1) is 18.7. The molecule has 0 bridgehead atoms. The number of anilines is 1. The zero-order chi connectivity index (χ0) is 17.6. The molecule has 1 aliphatic rings. The summed E-state index contributed by atoms with van der Waals surface area (Å²) in [5.41, 5.74) is -1.05. The number of carbonyl (C=O) groups excluding carboxylic acids is 1. The van der Waals surface area contributed by atoms with Gasteiger partial charge in [-0.3, -0.25) is 9.69 Å². The van der Waals surface area contributed by atoms with Gasteiger partial charge in [0, 0.05) is 25.6 Å². The number of alkyl halides is 3. The predicted molar refractivity (Wildman–Crippen MR) is 85.6 cm³/mol. The summed E-state index contributed by atoms with van der Waals surface area (Å²) in [5, 5.41) is 11.5. The number of carbonyl (C=O) groups is 1. The van der Waals surface area contributed by atoms with Crippen LogP contribution in [0.4, 0.5) is 18.9 Å². The zero-order valence-electron chi connectivity index (χ0n) is 13.5. The average Bonchev–Trinajstić information content (AvgIpc) is 2.54. The zero-order valence-corrected chi connectivity index (χ0v) is 13.5. The van der Waals surface area contributed by atoms with Crippen LogP contribution in [0.3, 0.4) is 0 Å². The molecular formula is C17H23F3N2O2. The summed E-state index contributed by atoms with van der Waals surface area (Å²) in [6, 6.07) is 5.23. The van der Waals surface area contributed by atoms with Crippen LogP contribution in [-0.4, -0.2) is 41.7 Å². The lowest BCUT2D eigenvalue weighted by Gasteiger charge is -2.35. The van der Waals surface area contributed by atoms with Crippen molar-refractivity contribution in [1.29, 1.82) is 0 Å². The summed E-state index contributed by atoms with van der Waals surface area (Å²) in [5.74, 6) is -0.431. The minimum atomic E-state index is -4.50. The molecule has 1 unspecified atom stereocenters. The minimum Gasteiger partial charge on any atom is -0.396 e. The highest BCUT2D eigenvalue weighted by Crippen LogP contribution is 2.34. The molecule has 0 aliphatic carbocycles. The number of piperidine rings is 1. The number of aliphatic hydroxyl groups excluding tert-OH is 1. The smallest absolute Gasteiger partial charge is 0.396 e. The molecule has 1 atom stereocenters. The van der Waals surface area contributed by atoms with Crippen LogP contribution >= 0.6 is 0 Å². The molecule has 0 radical (unpaired) electrons. The van der Waals surface area contributed by atoms with Gasteiger partial charge in [-0.1, -0.05) is 18.6 Å². The van der Waals surface area contributed by atoms with Crippen LogP contribution in [0, 0.1) is 0 Å². The van der Waals surface area contributed by atoms with Gasteiger partial charge in [0.25, 0.3) is 0 Å². The molecular weight excluding hydrogens is 321 g/mol.